The maximum Gasteiger partial charge on any atom is 0.295 e. The number of aliphatic hydroxyl groups is 1. The van der Waals surface area contributed by atoms with Gasteiger partial charge < -0.3 is 33.7 Å². The van der Waals surface area contributed by atoms with Crippen LogP contribution in [0.1, 0.15) is 50.3 Å². The van der Waals surface area contributed by atoms with E-state index in [0.29, 0.717) is 86.9 Å². The average molecular weight is 581 g/mol. The summed E-state index contributed by atoms with van der Waals surface area (Å²) >= 11 is 0. The van der Waals surface area contributed by atoms with E-state index in [9.17, 15) is 14.7 Å². The lowest BCUT2D eigenvalue weighted by atomic mass is 9.94. The van der Waals surface area contributed by atoms with Crippen molar-refractivity contribution in [3.63, 3.8) is 0 Å². The minimum Gasteiger partial charge on any atom is -0.507 e. The number of rotatable bonds is 12. The van der Waals surface area contributed by atoms with Gasteiger partial charge in [0.15, 0.2) is 23.0 Å². The van der Waals surface area contributed by atoms with Gasteiger partial charge in [-0.25, -0.2) is 0 Å². The van der Waals surface area contributed by atoms with Crippen LogP contribution in [0.4, 0.5) is 0 Å². The summed E-state index contributed by atoms with van der Waals surface area (Å²) in [5, 5.41) is 11.6. The lowest BCUT2D eigenvalue weighted by molar-refractivity contribution is -0.140. The van der Waals surface area contributed by atoms with E-state index in [0.717, 1.165) is 32.4 Å². The molecule has 0 saturated carbocycles. The van der Waals surface area contributed by atoms with Gasteiger partial charge in [0.2, 0.25) is 0 Å². The molecule has 10 heteroatoms. The first-order chi connectivity index (χ1) is 20.5. The van der Waals surface area contributed by atoms with E-state index in [1.807, 2.05) is 25.1 Å². The predicted octanol–water partition coefficient (Wildman–Crippen LogP) is 4.18. The SMILES string of the molecule is CCCCCOc1ccc(C2C(=C(O)c3ccc4c(c3)OCCO4)C(=O)C(=O)N2CCN2CCOCC2)cc1OCC. The van der Waals surface area contributed by atoms with Crippen LogP contribution in [0.25, 0.3) is 5.76 Å². The third-order valence-corrected chi connectivity index (χ3v) is 7.71. The maximum absolute atomic E-state index is 13.6. The fraction of sp³-hybridized carbons (Fsp3) is 0.500. The smallest absolute Gasteiger partial charge is 0.295 e. The second kappa shape index (κ2) is 13.9. The Morgan fingerprint density at radius 2 is 1.69 bits per heavy atom. The Balaban J connectivity index is 1.53. The highest BCUT2D eigenvalue weighted by molar-refractivity contribution is 6.46. The Morgan fingerprint density at radius 1 is 0.905 bits per heavy atom. The van der Waals surface area contributed by atoms with Crippen LogP contribution < -0.4 is 18.9 Å². The highest BCUT2D eigenvalue weighted by Crippen LogP contribution is 2.43. The topological polar surface area (TPSA) is 107 Å². The van der Waals surface area contributed by atoms with E-state index >= 15 is 0 Å². The van der Waals surface area contributed by atoms with Crippen LogP contribution in [0.5, 0.6) is 23.0 Å². The molecule has 2 aromatic carbocycles. The zero-order valence-corrected chi connectivity index (χ0v) is 24.4. The van der Waals surface area contributed by atoms with E-state index in [1.165, 1.54) is 0 Å². The van der Waals surface area contributed by atoms with Crippen LogP contribution in [0.3, 0.4) is 0 Å². The van der Waals surface area contributed by atoms with Crippen LogP contribution in [-0.4, -0.2) is 92.4 Å². The number of hydrogen-bond donors (Lipinski definition) is 1. The fourth-order valence-electron chi connectivity index (χ4n) is 5.49. The van der Waals surface area contributed by atoms with Crippen LogP contribution >= 0.6 is 0 Å². The number of hydrogen-bond acceptors (Lipinski definition) is 9. The van der Waals surface area contributed by atoms with E-state index in [1.54, 1.807) is 23.1 Å². The molecule has 3 aliphatic heterocycles. The van der Waals surface area contributed by atoms with E-state index in [2.05, 4.69) is 11.8 Å². The number of Topliss-reactive ketones (excluding diaryl/α,β-unsaturated/α-hetero) is 1. The molecule has 0 aliphatic carbocycles. The zero-order valence-electron chi connectivity index (χ0n) is 24.4. The number of ketones is 1. The van der Waals surface area contributed by atoms with Gasteiger partial charge in [-0.05, 0) is 49.2 Å². The molecule has 1 atom stereocenters. The molecule has 0 spiro atoms. The van der Waals surface area contributed by atoms with Gasteiger partial charge in [0.05, 0.1) is 38.0 Å². The summed E-state index contributed by atoms with van der Waals surface area (Å²) in [4.78, 5) is 30.8. The highest BCUT2D eigenvalue weighted by Gasteiger charge is 2.46. The summed E-state index contributed by atoms with van der Waals surface area (Å²) in [7, 11) is 0. The number of fused-ring (bicyclic) bond motifs is 1. The van der Waals surface area contributed by atoms with Crippen LogP contribution in [-0.2, 0) is 14.3 Å². The molecule has 5 rings (SSSR count). The van der Waals surface area contributed by atoms with Gasteiger partial charge in [0, 0.05) is 31.7 Å². The molecule has 2 aromatic rings. The number of aliphatic hydroxyl groups excluding tert-OH is 1. The van der Waals surface area contributed by atoms with Gasteiger partial charge in [-0.1, -0.05) is 25.8 Å². The standard InChI is InChI=1S/C32H40N2O8/c1-3-5-6-15-40-24-9-7-22(20-26(24)39-4-2)29-28(30(35)23-8-10-25-27(21-23)42-19-18-41-25)31(36)32(37)34(29)12-11-33-13-16-38-17-14-33/h7-10,20-21,29,35H,3-6,11-19H2,1-2H3. The molecule has 10 nitrogen and oxygen atoms in total. The van der Waals surface area contributed by atoms with Crippen molar-refractivity contribution in [3.8, 4) is 23.0 Å². The molecule has 0 bridgehead atoms. The van der Waals surface area contributed by atoms with E-state index in [-0.39, 0.29) is 11.3 Å². The number of morpholine rings is 1. The first-order valence-electron chi connectivity index (χ1n) is 14.9. The lowest BCUT2D eigenvalue weighted by Crippen LogP contribution is -2.42. The molecule has 0 radical (unpaired) electrons. The summed E-state index contributed by atoms with van der Waals surface area (Å²) < 4.78 is 28.7. The molecule has 1 N–H and O–H groups in total. The monoisotopic (exact) mass is 580 g/mol. The third-order valence-electron chi connectivity index (χ3n) is 7.71. The largest absolute Gasteiger partial charge is 0.507 e. The molecule has 2 fully saturated rings. The van der Waals surface area contributed by atoms with Gasteiger partial charge in [-0.2, -0.15) is 0 Å². The molecule has 1 amide bonds. The summed E-state index contributed by atoms with van der Waals surface area (Å²) in [5.74, 6) is 0.542. The highest BCUT2D eigenvalue weighted by atomic mass is 16.6. The number of amides is 1. The van der Waals surface area contributed by atoms with Gasteiger partial charge >= 0.3 is 0 Å². The zero-order chi connectivity index (χ0) is 29.5. The number of benzene rings is 2. The molecular formula is C32H40N2O8. The van der Waals surface area contributed by atoms with Gasteiger partial charge in [-0.15, -0.1) is 0 Å². The molecule has 1 unspecified atom stereocenters. The van der Waals surface area contributed by atoms with E-state index < -0.39 is 17.7 Å². The minimum absolute atomic E-state index is 0.0257. The molecular weight excluding hydrogens is 540 g/mol. The summed E-state index contributed by atoms with van der Waals surface area (Å²) in [6, 6.07) is 9.67. The van der Waals surface area contributed by atoms with Gasteiger partial charge in [0.25, 0.3) is 11.7 Å². The summed E-state index contributed by atoms with van der Waals surface area (Å²) in [5.41, 5.74) is 1.05. The van der Waals surface area contributed by atoms with Crippen molar-refractivity contribution in [1.82, 2.24) is 9.80 Å². The van der Waals surface area contributed by atoms with Crippen LogP contribution in [0.15, 0.2) is 42.0 Å². The van der Waals surface area contributed by atoms with Crippen LogP contribution in [0, 0.1) is 0 Å². The van der Waals surface area contributed by atoms with Crippen LogP contribution in [0.2, 0.25) is 0 Å². The van der Waals surface area contributed by atoms with Gasteiger partial charge in [0.1, 0.15) is 19.0 Å². The average Bonchev–Trinajstić information content (AvgIpc) is 3.27. The number of carbonyl (C=O) groups excluding carboxylic acids is 2. The van der Waals surface area contributed by atoms with Crippen molar-refractivity contribution in [2.24, 2.45) is 0 Å². The number of likely N-dealkylation sites (tertiary alicyclic amines) is 1. The second-order valence-electron chi connectivity index (χ2n) is 10.5. The quantitative estimate of drug-likeness (QED) is 0.171. The Morgan fingerprint density at radius 3 is 2.45 bits per heavy atom. The lowest BCUT2D eigenvalue weighted by Gasteiger charge is -2.31. The van der Waals surface area contributed by atoms with Crippen molar-refractivity contribution < 1.29 is 38.4 Å². The minimum atomic E-state index is -0.812. The molecule has 3 aliphatic rings. The number of unbranched alkanes of at least 4 members (excludes halogenated alkanes) is 2. The first-order valence-corrected chi connectivity index (χ1v) is 14.9. The summed E-state index contributed by atoms with van der Waals surface area (Å²) in [6.45, 7) is 9.50. The molecule has 0 aromatic heterocycles. The first kappa shape index (κ1) is 29.7. The van der Waals surface area contributed by atoms with Crippen molar-refractivity contribution in [2.45, 2.75) is 39.2 Å². The number of carbonyl (C=O) groups is 2. The van der Waals surface area contributed by atoms with Crippen molar-refractivity contribution >= 4 is 17.4 Å². The van der Waals surface area contributed by atoms with Crippen molar-refractivity contribution in [2.75, 3.05) is 65.8 Å². The Kier molecular flexibility index (Phi) is 9.86. The number of nitrogens with zero attached hydrogens (tertiary/aromatic N) is 2. The van der Waals surface area contributed by atoms with Crippen molar-refractivity contribution in [3.05, 3.63) is 53.1 Å². The normalized spacial score (nSPS) is 20.1. The third kappa shape index (κ3) is 6.50. The second-order valence-corrected chi connectivity index (χ2v) is 10.5. The molecule has 2 saturated heterocycles. The van der Waals surface area contributed by atoms with Crippen molar-refractivity contribution in [1.29, 1.82) is 0 Å². The molecule has 226 valence electrons. The maximum atomic E-state index is 13.6. The van der Waals surface area contributed by atoms with Gasteiger partial charge in [-0.3, -0.25) is 14.5 Å². The van der Waals surface area contributed by atoms with E-state index in [4.69, 9.17) is 23.7 Å². The Hall–Kier alpha value is -3.76. The molecule has 42 heavy (non-hydrogen) atoms. The predicted molar refractivity (Wildman–Crippen MR) is 156 cm³/mol. The Bertz CT molecular complexity index is 1300. The number of ether oxygens (including phenoxy) is 5. The summed E-state index contributed by atoms with van der Waals surface area (Å²) in [6.07, 6.45) is 3.09. The Labute approximate surface area is 246 Å². The fourth-order valence-corrected chi connectivity index (χ4v) is 5.49. The molecule has 3 heterocycles.